The summed E-state index contributed by atoms with van der Waals surface area (Å²) in [4.78, 5) is 13.1. The minimum Gasteiger partial charge on any atom is -0.394 e. The molecule has 70 heavy (non-hydrogen) atoms. The van der Waals surface area contributed by atoms with Crippen molar-refractivity contribution >= 4 is 5.91 Å². The van der Waals surface area contributed by atoms with Gasteiger partial charge in [0.05, 0.1) is 39.6 Å². The second kappa shape index (κ2) is 24.7. The molecule has 6 aliphatic rings. The van der Waals surface area contributed by atoms with Gasteiger partial charge in [-0.2, -0.15) is 0 Å². The average molecular weight is 1030 g/mol. The van der Waals surface area contributed by atoms with Gasteiger partial charge in [0.1, 0.15) is 146 Å². The highest BCUT2D eigenvalue weighted by Gasteiger charge is 2.59. The van der Waals surface area contributed by atoms with Gasteiger partial charge >= 0.3 is 0 Å². The third kappa shape index (κ3) is 11.9. The molecule has 6 aliphatic heterocycles. The predicted molar refractivity (Wildman–Crippen MR) is 211 cm³/mol. The van der Waals surface area contributed by atoms with Gasteiger partial charge < -0.3 is 154 Å². The van der Waals surface area contributed by atoms with Gasteiger partial charge in [0, 0.05) is 6.92 Å². The van der Waals surface area contributed by atoms with Gasteiger partial charge in [-0.25, -0.2) is 0 Å². The average Bonchev–Trinajstić information content (AvgIpc) is 3.34. The van der Waals surface area contributed by atoms with Crippen LogP contribution < -0.4 is 5.32 Å². The van der Waals surface area contributed by atoms with Crippen LogP contribution in [0, 0.1) is 0 Å². The molecule has 6 saturated heterocycles. The number of carbonyl (C=O) groups is 1. The van der Waals surface area contributed by atoms with Crippen molar-refractivity contribution in [2.24, 2.45) is 0 Å². The molecule has 0 aromatic heterocycles. The van der Waals surface area contributed by atoms with Gasteiger partial charge in [-0.15, -0.1) is 0 Å². The Morgan fingerprint density at radius 2 is 0.700 bits per heavy atom. The maximum atomic E-state index is 13.1. The van der Waals surface area contributed by atoms with Crippen molar-refractivity contribution in [3.63, 3.8) is 0 Å². The van der Waals surface area contributed by atoms with Crippen LogP contribution in [0.3, 0.4) is 0 Å². The number of aliphatic hydroxyl groups excluding tert-OH is 19. The van der Waals surface area contributed by atoms with Gasteiger partial charge in [-0.3, -0.25) is 4.79 Å². The van der Waals surface area contributed by atoms with Gasteiger partial charge in [0.25, 0.3) is 0 Å². The Balaban J connectivity index is 1.40. The minimum atomic E-state index is -2.23. The molecule has 20 N–H and O–H groups in total. The molecule has 1 unspecified atom stereocenters. The predicted octanol–water partition coefficient (Wildman–Crippen LogP) is -14.0. The lowest BCUT2D eigenvalue weighted by molar-refractivity contribution is -0.401. The van der Waals surface area contributed by atoms with Crippen molar-refractivity contribution in [1.82, 2.24) is 5.32 Å². The van der Waals surface area contributed by atoms with Crippen LogP contribution in [0.15, 0.2) is 0 Å². The number of hydrogen-bond acceptors (Lipinski definition) is 31. The second-order valence-corrected chi connectivity index (χ2v) is 17.5. The van der Waals surface area contributed by atoms with Crippen molar-refractivity contribution in [2.45, 2.75) is 191 Å². The standard InChI is InChI=1S/C38H65NO31/c1-8(46)39-15-30(68-38-32(22(53)18(49)11(4-42)64-38)70-36-26(57)21(52)17(48)10(3-41)62-36)29(67-35-25(56)20(51)16(47)9(2-40)61-35)14(7-45)65-34(15)69-31-19(50)12(5-43)63-37(27(31)58)66-28-13(6-44)60-33(59)24(55)23(28)54/h9-38,40-45,47-59H,2-7H2,1H3,(H,39,46)/t9-,10-,11+,12+,13+,14+,15+,16+,17+,18-,19-,20+,21+,22-,23-,24+,25-,26-,27-,28+,29+,30+,31-,32+,33?,34-,35-,36-,37-,38-/m0/s1. The number of carbonyl (C=O) groups excluding carboxylic acids is 1. The maximum absolute atomic E-state index is 13.1. The largest absolute Gasteiger partial charge is 0.394 e. The van der Waals surface area contributed by atoms with Crippen LogP contribution in [0.5, 0.6) is 0 Å². The molecule has 32 heteroatoms. The molecule has 1 amide bonds. The summed E-state index contributed by atoms with van der Waals surface area (Å²) in [5.41, 5.74) is 0. The van der Waals surface area contributed by atoms with E-state index in [1.54, 1.807) is 0 Å². The number of ether oxygens (including phenoxy) is 11. The first-order valence-electron chi connectivity index (χ1n) is 22.1. The molecule has 0 aliphatic carbocycles. The summed E-state index contributed by atoms with van der Waals surface area (Å²) in [5.74, 6) is -0.947. The molecule has 408 valence electrons. The van der Waals surface area contributed by atoms with Crippen LogP contribution in [-0.2, 0) is 56.9 Å². The summed E-state index contributed by atoms with van der Waals surface area (Å²) in [6.45, 7) is -5.10. The van der Waals surface area contributed by atoms with E-state index in [2.05, 4.69) is 5.32 Å². The molecule has 6 heterocycles. The highest BCUT2D eigenvalue weighted by atomic mass is 16.8. The van der Waals surface area contributed by atoms with E-state index in [-0.39, 0.29) is 0 Å². The lowest BCUT2D eigenvalue weighted by atomic mass is 9.93. The van der Waals surface area contributed by atoms with Crippen molar-refractivity contribution < 1.29 is 154 Å². The quantitative estimate of drug-likeness (QED) is 0.0643. The fourth-order valence-corrected chi connectivity index (χ4v) is 8.89. The molecule has 6 fully saturated rings. The summed E-state index contributed by atoms with van der Waals surface area (Å²) < 4.78 is 63.4. The summed E-state index contributed by atoms with van der Waals surface area (Å²) in [7, 11) is 0. The van der Waals surface area contributed by atoms with E-state index in [0.717, 1.165) is 6.92 Å². The highest BCUT2D eigenvalue weighted by molar-refractivity contribution is 5.73. The molecule has 0 aromatic rings. The van der Waals surface area contributed by atoms with E-state index >= 15 is 0 Å². The van der Waals surface area contributed by atoms with Crippen molar-refractivity contribution in [2.75, 3.05) is 39.6 Å². The lowest BCUT2D eigenvalue weighted by Gasteiger charge is -2.52. The van der Waals surface area contributed by atoms with Gasteiger partial charge in [-0.05, 0) is 0 Å². The second-order valence-electron chi connectivity index (χ2n) is 17.5. The van der Waals surface area contributed by atoms with Crippen LogP contribution in [0.4, 0.5) is 0 Å². The van der Waals surface area contributed by atoms with Gasteiger partial charge in [0.2, 0.25) is 5.91 Å². The first-order chi connectivity index (χ1) is 33.2. The van der Waals surface area contributed by atoms with Crippen LogP contribution >= 0.6 is 0 Å². The number of hydrogen-bond donors (Lipinski definition) is 20. The lowest BCUT2D eigenvalue weighted by Crippen LogP contribution is -2.71. The smallest absolute Gasteiger partial charge is 0.217 e. The normalized spacial score (nSPS) is 51.5. The summed E-state index contributed by atoms with van der Waals surface area (Å²) in [6.07, 6.45) is -57.4. The molecular weight excluding hydrogens is 966 g/mol. The van der Waals surface area contributed by atoms with E-state index in [1.807, 2.05) is 0 Å². The van der Waals surface area contributed by atoms with Crippen LogP contribution in [0.1, 0.15) is 6.92 Å². The molecular formula is C38H65NO31. The van der Waals surface area contributed by atoms with E-state index in [4.69, 9.17) is 52.1 Å². The SMILES string of the molecule is CC(=O)N[C@H]1[C@H](O[C@@H]2[C@H](O)[C@H](O[C@H]3[C@@H](O)[C@@H](O)C(O)O[C@@H]3CO)O[C@H](CO)[C@@H]2O)O[C@H](CO)[C@@H](O[C@@H]2O[C@@H](CO)[C@@H](O)[C@@H](O)[C@@H]2O)[C@@H]1O[C@@H]1O[C@H](CO)[C@H](O)[C@H](O)[C@H]1O[C@@H]1O[C@@H](CO)[C@@H](O)[C@@H](O)[C@@H]1O. The molecule has 0 bridgehead atoms. The molecule has 30 atom stereocenters. The summed E-state index contributed by atoms with van der Waals surface area (Å²) in [5, 5.41) is 204. The molecule has 6 rings (SSSR count). The zero-order valence-corrected chi connectivity index (χ0v) is 37.0. The Morgan fingerprint density at radius 3 is 1.19 bits per heavy atom. The third-order valence-corrected chi connectivity index (χ3v) is 12.8. The van der Waals surface area contributed by atoms with Crippen molar-refractivity contribution in [3.05, 3.63) is 0 Å². The fraction of sp³-hybridized carbons (Fsp3) is 0.974. The molecule has 0 saturated carbocycles. The molecule has 32 nitrogen and oxygen atoms in total. The van der Waals surface area contributed by atoms with Crippen molar-refractivity contribution in [1.29, 1.82) is 0 Å². The summed E-state index contributed by atoms with van der Waals surface area (Å²) in [6, 6.07) is -1.94. The van der Waals surface area contributed by atoms with Gasteiger partial charge in [0.15, 0.2) is 37.7 Å². The third-order valence-electron chi connectivity index (χ3n) is 12.8. The van der Waals surface area contributed by atoms with E-state index in [9.17, 15) is 102 Å². The Labute approximate surface area is 395 Å². The Hall–Kier alpha value is -1.73. The van der Waals surface area contributed by atoms with Crippen LogP contribution in [0.25, 0.3) is 0 Å². The monoisotopic (exact) mass is 1030 g/mol. The number of rotatable bonds is 17. The Morgan fingerprint density at radius 1 is 0.343 bits per heavy atom. The fourth-order valence-electron chi connectivity index (χ4n) is 8.89. The van der Waals surface area contributed by atoms with E-state index < -0.39 is 230 Å². The Bertz CT molecular complexity index is 1620. The zero-order chi connectivity index (χ0) is 51.6. The number of amides is 1. The molecule has 0 spiro atoms. The topological polar surface area (TPSA) is 515 Å². The zero-order valence-electron chi connectivity index (χ0n) is 37.0. The summed E-state index contributed by atoms with van der Waals surface area (Å²) >= 11 is 0. The number of aliphatic hydroxyl groups is 19. The Kier molecular flexibility index (Phi) is 20.3. The first-order valence-corrected chi connectivity index (χ1v) is 22.1. The maximum Gasteiger partial charge on any atom is 0.217 e. The minimum absolute atomic E-state index is 0.931. The van der Waals surface area contributed by atoms with Gasteiger partial charge in [-0.1, -0.05) is 0 Å². The molecule has 0 aromatic carbocycles. The molecule has 0 radical (unpaired) electrons. The van der Waals surface area contributed by atoms with Crippen molar-refractivity contribution in [3.8, 4) is 0 Å². The van der Waals surface area contributed by atoms with E-state index in [1.165, 1.54) is 0 Å². The van der Waals surface area contributed by atoms with E-state index in [0.29, 0.717) is 0 Å². The van der Waals surface area contributed by atoms with Crippen LogP contribution in [0.2, 0.25) is 0 Å². The highest BCUT2D eigenvalue weighted by Crippen LogP contribution is 2.38. The number of nitrogens with one attached hydrogen (secondary N) is 1. The first kappa shape index (κ1) is 57.5. The van der Waals surface area contributed by atoms with Crippen LogP contribution in [-0.4, -0.2) is 327 Å².